The molecule has 1 heterocycles. The molecule has 1 unspecified atom stereocenters. The Kier molecular flexibility index (Phi) is 1.34. The molecular weight excluding hydrogens is 133 g/mol. The van der Waals surface area contributed by atoms with Crippen molar-refractivity contribution in [1.29, 1.82) is 0 Å². The third kappa shape index (κ3) is 1.34. The standard InChI is InChI=1S/C4H3F3N2/c5-4(6,7)3-1-8-2-9-3/h2-3H,(H,8,9). The molecule has 0 saturated carbocycles. The van der Waals surface area contributed by atoms with Crippen LogP contribution in [0.5, 0.6) is 0 Å². The number of aliphatic imine (C=N–C) groups is 1. The van der Waals surface area contributed by atoms with Gasteiger partial charge in [-0.2, -0.15) is 13.2 Å². The summed E-state index contributed by atoms with van der Waals surface area (Å²) < 4.78 is 34.6. The first kappa shape index (κ1) is 6.38. The summed E-state index contributed by atoms with van der Waals surface area (Å²) in [7, 11) is 0. The minimum absolute atomic E-state index is 0.970. The Morgan fingerprint density at radius 1 is 1.56 bits per heavy atom. The van der Waals surface area contributed by atoms with Crippen molar-refractivity contribution in [3.63, 3.8) is 0 Å². The van der Waals surface area contributed by atoms with Crippen molar-refractivity contribution in [2.45, 2.75) is 12.2 Å². The van der Waals surface area contributed by atoms with Crippen LogP contribution in [0.4, 0.5) is 13.2 Å². The van der Waals surface area contributed by atoms with Gasteiger partial charge in [0.1, 0.15) is 6.54 Å². The van der Waals surface area contributed by atoms with E-state index in [1.54, 1.807) is 0 Å². The Labute approximate surface area is 49.8 Å². The molecule has 0 spiro atoms. The average Bonchev–Trinajstić information content (AvgIpc) is 2.08. The average molecular weight is 136 g/mol. The molecule has 50 valence electrons. The van der Waals surface area contributed by atoms with Crippen LogP contribution in [-0.4, -0.2) is 18.6 Å². The first-order chi connectivity index (χ1) is 4.11. The molecule has 1 rings (SSSR count). The van der Waals surface area contributed by atoms with Crippen molar-refractivity contribution in [1.82, 2.24) is 5.32 Å². The Morgan fingerprint density at radius 2 is 2.22 bits per heavy atom. The van der Waals surface area contributed by atoms with Crippen LogP contribution < -0.4 is 5.32 Å². The Morgan fingerprint density at radius 3 is 2.44 bits per heavy atom. The van der Waals surface area contributed by atoms with E-state index in [0.29, 0.717) is 0 Å². The molecule has 0 amide bonds. The zero-order valence-corrected chi connectivity index (χ0v) is 4.24. The third-order valence-electron chi connectivity index (χ3n) is 0.818. The first-order valence-corrected chi connectivity index (χ1v) is 2.20. The minimum atomic E-state index is -4.29. The van der Waals surface area contributed by atoms with Crippen LogP contribution in [0.3, 0.4) is 0 Å². The molecule has 1 aliphatic heterocycles. The van der Waals surface area contributed by atoms with E-state index in [-0.39, 0.29) is 0 Å². The van der Waals surface area contributed by atoms with Gasteiger partial charge in [0.15, 0.2) is 6.04 Å². The van der Waals surface area contributed by atoms with Crippen LogP contribution in [-0.2, 0) is 0 Å². The predicted molar refractivity (Wildman–Crippen MR) is 24.7 cm³/mol. The molecule has 1 atom stereocenters. The third-order valence-corrected chi connectivity index (χ3v) is 0.818. The van der Waals surface area contributed by atoms with Crippen molar-refractivity contribution in [2.24, 2.45) is 4.99 Å². The number of hydrogen-bond acceptors (Lipinski definition) is 2. The van der Waals surface area contributed by atoms with Gasteiger partial charge < -0.3 is 5.32 Å². The maximum absolute atomic E-state index is 11.5. The van der Waals surface area contributed by atoms with E-state index in [1.165, 1.54) is 0 Å². The van der Waals surface area contributed by atoms with Gasteiger partial charge in [-0.15, -0.1) is 0 Å². The summed E-state index contributed by atoms with van der Waals surface area (Å²) in [6.45, 7) is 1.90. The summed E-state index contributed by atoms with van der Waals surface area (Å²) in [5.41, 5.74) is 0. The van der Waals surface area contributed by atoms with Crippen molar-refractivity contribution >= 4 is 6.34 Å². The second-order valence-electron chi connectivity index (χ2n) is 1.51. The van der Waals surface area contributed by atoms with Crippen LogP contribution in [0.15, 0.2) is 4.99 Å². The topological polar surface area (TPSA) is 24.4 Å². The fourth-order valence-corrected chi connectivity index (χ4v) is 0.432. The van der Waals surface area contributed by atoms with Gasteiger partial charge in [0.05, 0.1) is 6.34 Å². The zero-order valence-electron chi connectivity index (χ0n) is 4.24. The van der Waals surface area contributed by atoms with E-state index in [4.69, 9.17) is 0 Å². The summed E-state index contributed by atoms with van der Waals surface area (Å²) in [5, 5.41) is 2.12. The van der Waals surface area contributed by atoms with E-state index < -0.39 is 12.2 Å². The van der Waals surface area contributed by atoms with E-state index in [9.17, 15) is 13.2 Å². The number of nitrogens with zero attached hydrogens (tertiary/aromatic N) is 1. The Balaban J connectivity index is 2.53. The molecule has 0 aromatic carbocycles. The predicted octanol–water partition coefficient (Wildman–Crippen LogP) is 0.588. The fraction of sp³-hybridized carbons (Fsp3) is 0.500. The van der Waals surface area contributed by atoms with Crippen LogP contribution in [0.1, 0.15) is 0 Å². The molecule has 0 aliphatic carbocycles. The highest BCUT2D eigenvalue weighted by Crippen LogP contribution is 2.24. The van der Waals surface area contributed by atoms with Gasteiger partial charge in [-0.1, -0.05) is 0 Å². The first-order valence-electron chi connectivity index (χ1n) is 2.20. The summed E-state index contributed by atoms with van der Waals surface area (Å²) in [6.07, 6.45) is -3.32. The molecule has 2 radical (unpaired) electrons. The minimum Gasteiger partial charge on any atom is -0.364 e. The maximum atomic E-state index is 11.5. The lowest BCUT2D eigenvalue weighted by atomic mass is 10.3. The molecule has 1 N–H and O–H groups in total. The summed E-state index contributed by atoms with van der Waals surface area (Å²) in [5.74, 6) is 0. The molecule has 1 aliphatic rings. The highest BCUT2D eigenvalue weighted by molar-refractivity contribution is 5.59. The van der Waals surface area contributed by atoms with E-state index in [0.717, 1.165) is 6.34 Å². The van der Waals surface area contributed by atoms with Gasteiger partial charge in [-0.25, -0.2) is 0 Å². The number of nitrogens with one attached hydrogen (secondary N) is 1. The van der Waals surface area contributed by atoms with E-state index in [1.807, 2.05) is 6.54 Å². The van der Waals surface area contributed by atoms with Crippen molar-refractivity contribution in [2.75, 3.05) is 0 Å². The van der Waals surface area contributed by atoms with E-state index in [2.05, 4.69) is 10.3 Å². The molecule has 0 bridgehead atoms. The number of alkyl halides is 3. The van der Waals surface area contributed by atoms with Crippen LogP contribution >= 0.6 is 0 Å². The monoisotopic (exact) mass is 136 g/mol. The summed E-state index contributed by atoms with van der Waals surface area (Å²) in [4.78, 5) is 3.03. The quantitative estimate of drug-likeness (QED) is 0.517. The van der Waals surface area contributed by atoms with Gasteiger partial charge >= 0.3 is 6.18 Å². The second-order valence-corrected chi connectivity index (χ2v) is 1.51. The largest absolute Gasteiger partial charge is 0.413 e. The van der Waals surface area contributed by atoms with Crippen molar-refractivity contribution < 1.29 is 13.2 Å². The molecule has 0 aromatic rings. The molecule has 0 saturated heterocycles. The molecule has 5 heteroatoms. The maximum Gasteiger partial charge on any atom is 0.413 e. The molecule has 0 aromatic heterocycles. The number of hydrogen-bond donors (Lipinski definition) is 1. The lowest BCUT2D eigenvalue weighted by Gasteiger charge is -2.08. The normalized spacial score (nSPS) is 26.3. The highest BCUT2D eigenvalue weighted by Gasteiger charge is 2.41. The van der Waals surface area contributed by atoms with Crippen LogP contribution in [0, 0.1) is 6.54 Å². The zero-order chi connectivity index (χ0) is 6.91. The lowest BCUT2D eigenvalue weighted by Crippen LogP contribution is -2.27. The van der Waals surface area contributed by atoms with Gasteiger partial charge in [0.25, 0.3) is 0 Å². The lowest BCUT2D eigenvalue weighted by molar-refractivity contribution is -0.138. The van der Waals surface area contributed by atoms with Gasteiger partial charge in [-0.05, 0) is 0 Å². The smallest absolute Gasteiger partial charge is 0.364 e. The van der Waals surface area contributed by atoms with Crippen LogP contribution in [0.2, 0.25) is 0 Å². The summed E-state index contributed by atoms with van der Waals surface area (Å²) >= 11 is 0. The fourth-order valence-electron chi connectivity index (χ4n) is 0.432. The van der Waals surface area contributed by atoms with Gasteiger partial charge in [-0.3, -0.25) is 4.99 Å². The summed E-state index contributed by atoms with van der Waals surface area (Å²) in [6, 6.07) is -1.78. The van der Waals surface area contributed by atoms with Gasteiger partial charge in [0.2, 0.25) is 0 Å². The molecule has 0 fully saturated rings. The van der Waals surface area contributed by atoms with Crippen molar-refractivity contribution in [3.8, 4) is 0 Å². The Hall–Kier alpha value is -0.740. The van der Waals surface area contributed by atoms with Gasteiger partial charge in [0, 0.05) is 0 Å². The highest BCUT2D eigenvalue weighted by atomic mass is 19.4. The number of rotatable bonds is 0. The SMILES string of the molecule is FC(F)(F)C1[C]NC=N1. The molecule has 2 nitrogen and oxygen atoms in total. The molecular formula is C4H3F3N2. The van der Waals surface area contributed by atoms with E-state index >= 15 is 0 Å². The number of halogens is 3. The molecule has 9 heavy (non-hydrogen) atoms. The second kappa shape index (κ2) is 1.89. The Bertz CT molecular complexity index is 128. The van der Waals surface area contributed by atoms with Crippen LogP contribution in [0.25, 0.3) is 0 Å². The van der Waals surface area contributed by atoms with Crippen molar-refractivity contribution in [3.05, 3.63) is 6.54 Å².